The van der Waals surface area contributed by atoms with E-state index < -0.39 is 24.7 Å². The van der Waals surface area contributed by atoms with Gasteiger partial charge < -0.3 is 10.1 Å². The van der Waals surface area contributed by atoms with Crippen molar-refractivity contribution in [2.45, 2.75) is 58.2 Å². The molecule has 0 aromatic carbocycles. The molecule has 7 heteroatoms. The Morgan fingerprint density at radius 3 is 2.68 bits per heavy atom. The number of nitrogens with one attached hydrogen (secondary N) is 1. The van der Waals surface area contributed by atoms with Crippen molar-refractivity contribution in [2.24, 2.45) is 23.2 Å². The molecule has 0 aromatic heterocycles. The van der Waals surface area contributed by atoms with E-state index in [-0.39, 0.29) is 41.1 Å². The highest BCUT2D eigenvalue weighted by molar-refractivity contribution is 5.91. The Labute approximate surface area is 163 Å². The summed E-state index contributed by atoms with van der Waals surface area (Å²) in [7, 11) is 0. The molecule has 2 unspecified atom stereocenters. The lowest BCUT2D eigenvalue weighted by Crippen LogP contribution is -2.50. The Kier molecular flexibility index (Phi) is 5.76. The Bertz CT molecular complexity index is 699. The quantitative estimate of drug-likeness (QED) is 0.562. The number of allylic oxidation sites excluding steroid dienone is 1. The minimum atomic E-state index is -4.37. The molecule has 0 saturated heterocycles. The van der Waals surface area contributed by atoms with Crippen LogP contribution in [0.2, 0.25) is 0 Å². The fraction of sp³-hybridized carbons (Fsp3) is 0.714. The summed E-state index contributed by atoms with van der Waals surface area (Å²) in [5, 5.41) is 2.53. The van der Waals surface area contributed by atoms with Gasteiger partial charge in [0.05, 0.1) is 12.1 Å². The third kappa shape index (κ3) is 4.04. The Balaban J connectivity index is 1.86. The maximum Gasteiger partial charge on any atom is 0.401 e. The lowest BCUT2D eigenvalue weighted by Gasteiger charge is -2.54. The molecule has 156 valence electrons. The first kappa shape index (κ1) is 21.1. The molecule has 5 atom stereocenters. The van der Waals surface area contributed by atoms with Crippen LogP contribution in [-0.4, -0.2) is 37.1 Å². The Hall–Kier alpha value is -1.63. The van der Waals surface area contributed by atoms with Gasteiger partial charge in [0.25, 0.3) is 0 Å². The maximum absolute atomic E-state index is 12.8. The van der Waals surface area contributed by atoms with Crippen molar-refractivity contribution in [1.82, 2.24) is 5.32 Å². The Morgan fingerprint density at radius 2 is 2.07 bits per heavy atom. The molecule has 28 heavy (non-hydrogen) atoms. The molecule has 3 aliphatic rings. The van der Waals surface area contributed by atoms with E-state index in [0.29, 0.717) is 19.3 Å². The van der Waals surface area contributed by atoms with Gasteiger partial charge in [-0.25, -0.2) is 4.79 Å². The number of alkyl halides is 3. The van der Waals surface area contributed by atoms with E-state index in [1.54, 1.807) is 6.08 Å². The lowest BCUT2D eigenvalue weighted by molar-refractivity contribution is -0.137. The van der Waals surface area contributed by atoms with Gasteiger partial charge in [-0.15, -0.1) is 0 Å². The Morgan fingerprint density at radius 1 is 1.36 bits per heavy atom. The molecule has 2 fully saturated rings. The highest BCUT2D eigenvalue weighted by Gasteiger charge is 2.52. The number of esters is 1. The van der Waals surface area contributed by atoms with Crippen LogP contribution in [0, 0.1) is 23.2 Å². The van der Waals surface area contributed by atoms with Crippen molar-refractivity contribution in [3.05, 3.63) is 23.8 Å². The summed E-state index contributed by atoms with van der Waals surface area (Å²) in [5.41, 5.74) is 1.07. The predicted octanol–water partition coefficient (Wildman–Crippen LogP) is 3.97. The van der Waals surface area contributed by atoms with E-state index in [1.165, 1.54) is 0 Å². The molecule has 0 aromatic rings. The molecule has 2 aliphatic carbocycles. The number of Topliss-reactive ketones (excluding diaryl/α,β-unsaturated/α-hetero) is 1. The number of cyclic esters (lactones) is 1. The number of carbonyl (C=O) groups excluding carboxylic acids is 2. The molecular formula is C21H28F3NO3. The number of ketones is 1. The van der Waals surface area contributed by atoms with Crippen LogP contribution < -0.4 is 5.32 Å². The average Bonchev–Trinajstić information content (AvgIpc) is 3.03. The van der Waals surface area contributed by atoms with Gasteiger partial charge in [-0.3, -0.25) is 4.79 Å². The fourth-order valence-electron chi connectivity index (χ4n) is 5.48. The molecule has 0 bridgehead atoms. The summed E-state index contributed by atoms with van der Waals surface area (Å²) in [6.45, 7) is 7.24. The summed E-state index contributed by atoms with van der Waals surface area (Å²) in [5.74, 6) is -0.206. The molecule has 1 heterocycles. The van der Waals surface area contributed by atoms with E-state index in [0.717, 1.165) is 18.4 Å². The summed E-state index contributed by atoms with van der Waals surface area (Å²) in [6.07, 6.45) is 0.382. The maximum atomic E-state index is 12.8. The van der Waals surface area contributed by atoms with Crippen LogP contribution in [0.25, 0.3) is 0 Å². The minimum Gasteiger partial charge on any atom is -0.458 e. The number of carbonyl (C=O) groups is 2. The van der Waals surface area contributed by atoms with Gasteiger partial charge in [0, 0.05) is 18.4 Å². The number of rotatable bonds is 5. The van der Waals surface area contributed by atoms with E-state index >= 15 is 0 Å². The largest absolute Gasteiger partial charge is 0.458 e. The normalized spacial score (nSPS) is 34.7. The van der Waals surface area contributed by atoms with E-state index in [2.05, 4.69) is 18.8 Å². The van der Waals surface area contributed by atoms with Gasteiger partial charge in [-0.2, -0.15) is 13.2 Å². The van der Waals surface area contributed by atoms with Crippen LogP contribution >= 0.6 is 0 Å². The molecule has 4 nitrogen and oxygen atoms in total. The van der Waals surface area contributed by atoms with E-state index in [1.807, 2.05) is 6.92 Å². The summed E-state index contributed by atoms with van der Waals surface area (Å²) in [6, 6.07) is -0.748. The van der Waals surface area contributed by atoms with Crippen molar-refractivity contribution in [3.8, 4) is 0 Å². The third-order valence-corrected chi connectivity index (χ3v) is 7.08. The van der Waals surface area contributed by atoms with Gasteiger partial charge in [0.15, 0.2) is 0 Å². The number of halogens is 3. The van der Waals surface area contributed by atoms with Crippen LogP contribution in [0.15, 0.2) is 23.8 Å². The SMILES string of the molecule is C=C1CCC2[C@@H](C)C(=O)CC[C@]2(C)[C@@H]1CC(NCC(F)(F)F)C1=CCOC1=O. The summed E-state index contributed by atoms with van der Waals surface area (Å²) >= 11 is 0. The highest BCUT2D eigenvalue weighted by atomic mass is 19.4. The average molecular weight is 399 g/mol. The van der Waals surface area contributed by atoms with Crippen molar-refractivity contribution >= 4 is 11.8 Å². The first-order valence-electron chi connectivity index (χ1n) is 9.90. The van der Waals surface area contributed by atoms with Gasteiger partial charge in [-0.1, -0.05) is 26.0 Å². The van der Waals surface area contributed by atoms with Crippen LogP contribution in [0.1, 0.15) is 46.0 Å². The third-order valence-electron chi connectivity index (χ3n) is 7.08. The second-order valence-corrected chi connectivity index (χ2v) is 8.66. The van der Waals surface area contributed by atoms with Gasteiger partial charge >= 0.3 is 12.1 Å². The topological polar surface area (TPSA) is 55.4 Å². The number of hydrogen-bond acceptors (Lipinski definition) is 4. The van der Waals surface area contributed by atoms with Gasteiger partial charge in [0.2, 0.25) is 0 Å². The standard InChI is InChI=1S/C21H28F3NO3/c1-12-4-5-15-13(2)18(26)6-8-20(15,3)16(12)10-17(25-11-21(22,23)24)14-7-9-28-19(14)27/h7,13,15-17,25H,1,4-6,8-11H2,2-3H3/t13-,15?,16-,17?,20+/m1/s1. The van der Waals surface area contributed by atoms with Crippen LogP contribution in [-0.2, 0) is 14.3 Å². The molecule has 0 spiro atoms. The number of ether oxygens (including phenoxy) is 1. The second kappa shape index (κ2) is 7.65. The van der Waals surface area contributed by atoms with E-state index in [4.69, 9.17) is 4.74 Å². The van der Waals surface area contributed by atoms with Gasteiger partial charge in [0.1, 0.15) is 12.4 Å². The fourth-order valence-corrected chi connectivity index (χ4v) is 5.48. The van der Waals surface area contributed by atoms with E-state index in [9.17, 15) is 22.8 Å². The first-order chi connectivity index (χ1) is 13.0. The zero-order valence-electron chi connectivity index (χ0n) is 16.4. The summed E-state index contributed by atoms with van der Waals surface area (Å²) in [4.78, 5) is 24.3. The zero-order valence-corrected chi connectivity index (χ0v) is 16.4. The van der Waals surface area contributed by atoms with Crippen molar-refractivity contribution in [1.29, 1.82) is 0 Å². The molecule has 3 rings (SSSR count). The van der Waals surface area contributed by atoms with Crippen molar-refractivity contribution < 1.29 is 27.5 Å². The highest BCUT2D eigenvalue weighted by Crippen LogP contribution is 2.57. The van der Waals surface area contributed by atoms with Crippen LogP contribution in [0.4, 0.5) is 13.2 Å². The molecule has 0 radical (unpaired) electrons. The predicted molar refractivity (Wildman–Crippen MR) is 98.4 cm³/mol. The smallest absolute Gasteiger partial charge is 0.401 e. The second-order valence-electron chi connectivity index (χ2n) is 8.66. The number of hydrogen-bond donors (Lipinski definition) is 1. The molecule has 1 aliphatic heterocycles. The molecule has 2 saturated carbocycles. The van der Waals surface area contributed by atoms with Gasteiger partial charge in [-0.05, 0) is 49.0 Å². The van der Waals surface area contributed by atoms with Crippen LogP contribution in [0.3, 0.4) is 0 Å². The molecular weight excluding hydrogens is 371 g/mol. The van der Waals surface area contributed by atoms with Crippen molar-refractivity contribution in [2.75, 3.05) is 13.2 Å². The summed E-state index contributed by atoms with van der Waals surface area (Å²) < 4.78 is 43.5. The number of fused-ring (bicyclic) bond motifs is 1. The molecule has 0 amide bonds. The molecule has 1 N–H and O–H groups in total. The minimum absolute atomic E-state index is 0.0494. The monoisotopic (exact) mass is 399 g/mol. The first-order valence-corrected chi connectivity index (χ1v) is 9.90. The van der Waals surface area contributed by atoms with Crippen LogP contribution in [0.5, 0.6) is 0 Å². The van der Waals surface area contributed by atoms with Crippen molar-refractivity contribution in [3.63, 3.8) is 0 Å². The lowest BCUT2D eigenvalue weighted by atomic mass is 9.50. The zero-order chi connectivity index (χ0) is 20.7.